The number of aromatic nitrogens is 4. The first kappa shape index (κ1) is 19.5. The molecule has 0 saturated heterocycles. The number of ether oxygens (including phenoxy) is 2. The lowest BCUT2D eigenvalue weighted by Crippen LogP contribution is -2.07. The van der Waals surface area contributed by atoms with Gasteiger partial charge in [0.1, 0.15) is 12.1 Å². The SMILES string of the molecule is Cc1cc(C(=O)CSc2nncn2Cc2ccco2)c(C)n1-c1ccc2c(c1)OCO2. The van der Waals surface area contributed by atoms with Crippen LogP contribution in [-0.4, -0.2) is 37.7 Å². The zero-order valence-electron chi connectivity index (χ0n) is 17.1. The fourth-order valence-electron chi connectivity index (χ4n) is 3.71. The molecule has 0 atom stereocenters. The second-order valence-corrected chi connectivity index (χ2v) is 8.13. The van der Waals surface area contributed by atoms with Crippen LogP contribution in [0.4, 0.5) is 0 Å². The molecule has 31 heavy (non-hydrogen) atoms. The van der Waals surface area contributed by atoms with E-state index in [9.17, 15) is 4.79 Å². The van der Waals surface area contributed by atoms with E-state index >= 15 is 0 Å². The number of thioether (sulfide) groups is 1. The van der Waals surface area contributed by atoms with Gasteiger partial charge in [0.15, 0.2) is 22.4 Å². The van der Waals surface area contributed by atoms with E-state index in [0.29, 0.717) is 23.0 Å². The maximum absolute atomic E-state index is 13.0. The van der Waals surface area contributed by atoms with Crippen molar-refractivity contribution in [2.24, 2.45) is 0 Å². The molecule has 0 radical (unpaired) electrons. The zero-order chi connectivity index (χ0) is 21.4. The normalized spacial score (nSPS) is 12.5. The van der Waals surface area contributed by atoms with Crippen molar-refractivity contribution in [3.05, 3.63) is 71.7 Å². The fraction of sp³-hybridized carbons (Fsp3) is 0.227. The van der Waals surface area contributed by atoms with Crippen molar-refractivity contribution >= 4 is 17.5 Å². The van der Waals surface area contributed by atoms with Crippen molar-refractivity contribution in [3.63, 3.8) is 0 Å². The van der Waals surface area contributed by atoms with Crippen LogP contribution in [0.2, 0.25) is 0 Å². The van der Waals surface area contributed by atoms with Crippen LogP contribution in [0.5, 0.6) is 11.5 Å². The van der Waals surface area contributed by atoms with Gasteiger partial charge in [-0.15, -0.1) is 10.2 Å². The predicted molar refractivity (Wildman–Crippen MR) is 114 cm³/mol. The van der Waals surface area contributed by atoms with E-state index in [4.69, 9.17) is 13.9 Å². The third-order valence-corrected chi connectivity index (χ3v) is 6.15. The monoisotopic (exact) mass is 436 g/mol. The number of hydrogen-bond acceptors (Lipinski definition) is 7. The number of furan rings is 1. The van der Waals surface area contributed by atoms with E-state index in [0.717, 1.165) is 28.6 Å². The predicted octanol–water partition coefficient (Wildman–Crippen LogP) is 4.03. The number of benzene rings is 1. The summed E-state index contributed by atoms with van der Waals surface area (Å²) in [4.78, 5) is 13.0. The smallest absolute Gasteiger partial charge is 0.231 e. The first-order chi connectivity index (χ1) is 15.1. The number of hydrogen-bond donors (Lipinski definition) is 0. The quantitative estimate of drug-likeness (QED) is 0.319. The summed E-state index contributed by atoms with van der Waals surface area (Å²) in [5, 5.41) is 8.79. The highest BCUT2D eigenvalue weighted by atomic mass is 32.2. The Morgan fingerprint density at radius 3 is 2.87 bits per heavy atom. The van der Waals surface area contributed by atoms with E-state index in [1.54, 1.807) is 12.6 Å². The van der Waals surface area contributed by atoms with Gasteiger partial charge in [-0.2, -0.15) is 0 Å². The molecule has 0 saturated carbocycles. The molecule has 0 bridgehead atoms. The number of nitrogens with zero attached hydrogens (tertiary/aromatic N) is 4. The molecule has 3 aromatic heterocycles. The van der Waals surface area contributed by atoms with Gasteiger partial charge in [-0.05, 0) is 44.2 Å². The second-order valence-electron chi connectivity index (χ2n) is 7.19. The van der Waals surface area contributed by atoms with Gasteiger partial charge in [0.05, 0.1) is 18.6 Å². The first-order valence-electron chi connectivity index (χ1n) is 9.75. The van der Waals surface area contributed by atoms with Crippen LogP contribution in [-0.2, 0) is 6.54 Å². The lowest BCUT2D eigenvalue weighted by Gasteiger charge is -2.10. The molecule has 5 rings (SSSR count). The molecule has 0 unspecified atom stereocenters. The van der Waals surface area contributed by atoms with Gasteiger partial charge in [0, 0.05) is 28.7 Å². The molecule has 158 valence electrons. The molecule has 4 heterocycles. The third-order valence-electron chi connectivity index (χ3n) is 5.16. The minimum absolute atomic E-state index is 0.0395. The largest absolute Gasteiger partial charge is 0.467 e. The number of ketones is 1. The van der Waals surface area contributed by atoms with Crippen LogP contribution in [0.15, 0.2) is 58.6 Å². The number of rotatable bonds is 7. The Balaban J connectivity index is 1.33. The van der Waals surface area contributed by atoms with E-state index in [-0.39, 0.29) is 18.3 Å². The molecular formula is C22H20N4O4S. The van der Waals surface area contributed by atoms with Crippen LogP contribution < -0.4 is 9.47 Å². The molecule has 0 N–H and O–H groups in total. The number of carbonyl (C=O) groups excluding carboxylic acids is 1. The molecule has 8 nitrogen and oxygen atoms in total. The highest BCUT2D eigenvalue weighted by Crippen LogP contribution is 2.35. The Morgan fingerprint density at radius 1 is 1.16 bits per heavy atom. The molecular weight excluding hydrogens is 416 g/mol. The summed E-state index contributed by atoms with van der Waals surface area (Å²) in [5.74, 6) is 2.56. The summed E-state index contributed by atoms with van der Waals surface area (Å²) < 4.78 is 20.2. The Hall–Kier alpha value is -3.46. The summed E-state index contributed by atoms with van der Waals surface area (Å²) in [7, 11) is 0. The Kier molecular flexibility index (Phi) is 5.03. The molecule has 0 fully saturated rings. The van der Waals surface area contributed by atoms with Crippen molar-refractivity contribution < 1.29 is 18.7 Å². The van der Waals surface area contributed by atoms with E-state index in [1.807, 2.05) is 54.8 Å². The van der Waals surface area contributed by atoms with Crippen molar-refractivity contribution in [1.29, 1.82) is 0 Å². The van der Waals surface area contributed by atoms with Crippen molar-refractivity contribution in [2.45, 2.75) is 25.5 Å². The maximum atomic E-state index is 13.0. The maximum Gasteiger partial charge on any atom is 0.231 e. The molecule has 1 aliphatic heterocycles. The summed E-state index contributed by atoms with van der Waals surface area (Å²) >= 11 is 1.37. The highest BCUT2D eigenvalue weighted by Gasteiger charge is 2.20. The fourth-order valence-corrected chi connectivity index (χ4v) is 4.51. The van der Waals surface area contributed by atoms with Crippen molar-refractivity contribution in [2.75, 3.05) is 12.5 Å². The summed E-state index contributed by atoms with van der Waals surface area (Å²) in [6.45, 7) is 4.69. The molecule has 4 aromatic rings. The Bertz CT molecular complexity index is 1240. The number of aryl methyl sites for hydroxylation is 1. The highest BCUT2D eigenvalue weighted by molar-refractivity contribution is 7.99. The first-order valence-corrected chi connectivity index (χ1v) is 10.7. The van der Waals surface area contributed by atoms with Crippen LogP contribution in [0, 0.1) is 13.8 Å². The molecule has 9 heteroatoms. The Morgan fingerprint density at radius 2 is 2.03 bits per heavy atom. The van der Waals surface area contributed by atoms with Gasteiger partial charge < -0.3 is 23.0 Å². The van der Waals surface area contributed by atoms with Gasteiger partial charge in [-0.1, -0.05) is 11.8 Å². The van der Waals surface area contributed by atoms with Gasteiger partial charge in [0.25, 0.3) is 0 Å². The van der Waals surface area contributed by atoms with Gasteiger partial charge in [0.2, 0.25) is 6.79 Å². The van der Waals surface area contributed by atoms with Gasteiger partial charge >= 0.3 is 0 Å². The molecule has 0 spiro atoms. The lowest BCUT2D eigenvalue weighted by molar-refractivity contribution is 0.102. The van der Waals surface area contributed by atoms with Crippen molar-refractivity contribution in [1.82, 2.24) is 19.3 Å². The minimum Gasteiger partial charge on any atom is -0.467 e. The second kappa shape index (κ2) is 7.99. The van der Waals surface area contributed by atoms with Gasteiger partial charge in [-0.3, -0.25) is 4.79 Å². The van der Waals surface area contributed by atoms with E-state index in [2.05, 4.69) is 14.8 Å². The molecule has 0 aliphatic carbocycles. The van der Waals surface area contributed by atoms with Gasteiger partial charge in [-0.25, -0.2) is 0 Å². The standard InChI is InChI=1S/C22H20N4O4S/c1-14-8-18(15(2)26(14)16-5-6-20-21(9-16)30-13-29-20)19(27)11-31-22-24-23-12-25(22)10-17-4-3-7-28-17/h3-9,12H,10-11,13H2,1-2H3. The van der Waals surface area contributed by atoms with E-state index in [1.165, 1.54) is 11.8 Å². The van der Waals surface area contributed by atoms with Crippen LogP contribution in [0.1, 0.15) is 27.5 Å². The lowest BCUT2D eigenvalue weighted by atomic mass is 10.2. The van der Waals surface area contributed by atoms with Crippen LogP contribution >= 0.6 is 11.8 Å². The molecule has 1 aliphatic rings. The summed E-state index contributed by atoms with van der Waals surface area (Å²) in [5.41, 5.74) is 3.49. The number of fused-ring (bicyclic) bond motifs is 1. The summed E-state index contributed by atoms with van der Waals surface area (Å²) in [6.07, 6.45) is 3.27. The Labute approximate surface area is 182 Å². The average Bonchev–Trinajstić information content (AvgIpc) is 3.54. The molecule has 1 aromatic carbocycles. The van der Waals surface area contributed by atoms with Crippen LogP contribution in [0.3, 0.4) is 0 Å². The van der Waals surface area contributed by atoms with E-state index < -0.39 is 0 Å². The minimum atomic E-state index is 0.0395. The zero-order valence-corrected chi connectivity index (χ0v) is 17.9. The number of Topliss-reactive ketones (excluding diaryl/α,β-unsaturated/α-hetero) is 1. The molecule has 0 amide bonds. The van der Waals surface area contributed by atoms with Crippen LogP contribution in [0.25, 0.3) is 5.69 Å². The summed E-state index contributed by atoms with van der Waals surface area (Å²) in [6, 6.07) is 11.4. The average molecular weight is 436 g/mol. The third kappa shape index (κ3) is 3.72. The topological polar surface area (TPSA) is 84.3 Å². The van der Waals surface area contributed by atoms with Crippen molar-refractivity contribution in [3.8, 4) is 17.2 Å². The number of carbonyl (C=O) groups is 1.